The third-order valence-corrected chi connectivity index (χ3v) is 4.89. The summed E-state index contributed by atoms with van der Waals surface area (Å²) >= 11 is 1.92. The Labute approximate surface area is 119 Å². The first kappa shape index (κ1) is 15.1. The third kappa shape index (κ3) is 4.08. The van der Waals surface area contributed by atoms with E-state index in [0.717, 1.165) is 31.0 Å². The average molecular weight is 288 g/mol. The monoisotopic (exact) mass is 288 g/mol. The van der Waals surface area contributed by atoms with Crippen molar-refractivity contribution >= 4 is 17.7 Å². The van der Waals surface area contributed by atoms with Crippen LogP contribution in [0.4, 0.5) is 0 Å². The Hall–Kier alpha value is -0.300. The van der Waals surface area contributed by atoms with Gasteiger partial charge < -0.3 is 19.7 Å². The number of hydrogen-bond donors (Lipinski definition) is 1. The van der Waals surface area contributed by atoms with Crippen molar-refractivity contribution in [3.63, 3.8) is 0 Å². The Morgan fingerprint density at radius 3 is 2.84 bits per heavy atom. The largest absolute Gasteiger partial charge is 0.383 e. The Kier molecular flexibility index (Phi) is 5.50. The van der Waals surface area contributed by atoms with Crippen molar-refractivity contribution in [3.8, 4) is 0 Å². The van der Waals surface area contributed by atoms with E-state index in [1.165, 1.54) is 0 Å². The second kappa shape index (κ2) is 6.92. The molecule has 0 bridgehead atoms. The van der Waals surface area contributed by atoms with E-state index in [9.17, 15) is 4.79 Å². The highest BCUT2D eigenvalue weighted by Gasteiger charge is 2.34. The fraction of sp³-hybridized carbons (Fsp3) is 0.923. The van der Waals surface area contributed by atoms with E-state index < -0.39 is 0 Å². The number of methoxy groups -OCH3 is 1. The van der Waals surface area contributed by atoms with Crippen molar-refractivity contribution in [2.45, 2.75) is 25.0 Å². The lowest BCUT2D eigenvalue weighted by Gasteiger charge is -2.39. The van der Waals surface area contributed by atoms with Crippen LogP contribution in [0.25, 0.3) is 0 Å². The summed E-state index contributed by atoms with van der Waals surface area (Å²) in [5.41, 5.74) is -0.160. The van der Waals surface area contributed by atoms with Crippen LogP contribution in [0.1, 0.15) is 13.3 Å². The van der Waals surface area contributed by atoms with Crippen LogP contribution in [-0.2, 0) is 14.3 Å². The second-order valence-electron chi connectivity index (χ2n) is 5.44. The molecule has 2 heterocycles. The minimum atomic E-state index is -0.160. The van der Waals surface area contributed by atoms with Crippen LogP contribution in [0.5, 0.6) is 0 Å². The maximum atomic E-state index is 12.3. The van der Waals surface area contributed by atoms with Crippen molar-refractivity contribution < 1.29 is 14.3 Å². The first-order valence-electron chi connectivity index (χ1n) is 6.85. The SMILES string of the molecule is COCCN(C(=O)COC1(C)CNC1)C1CCSC1. The van der Waals surface area contributed by atoms with E-state index >= 15 is 0 Å². The summed E-state index contributed by atoms with van der Waals surface area (Å²) in [6.45, 7) is 5.14. The van der Waals surface area contributed by atoms with Crippen molar-refractivity contribution in [1.29, 1.82) is 0 Å². The number of nitrogens with one attached hydrogen (secondary N) is 1. The molecule has 110 valence electrons. The van der Waals surface area contributed by atoms with Crippen LogP contribution in [0, 0.1) is 0 Å². The van der Waals surface area contributed by atoms with Gasteiger partial charge in [0.05, 0.1) is 12.2 Å². The molecule has 0 saturated carbocycles. The molecular weight excluding hydrogens is 264 g/mol. The minimum absolute atomic E-state index is 0.0951. The number of carbonyl (C=O) groups excluding carboxylic acids is 1. The molecule has 1 amide bonds. The van der Waals surface area contributed by atoms with Crippen molar-refractivity contribution in [2.75, 3.05) is 51.5 Å². The maximum Gasteiger partial charge on any atom is 0.248 e. The molecule has 2 aliphatic heterocycles. The normalized spacial score (nSPS) is 25.1. The summed E-state index contributed by atoms with van der Waals surface area (Å²) in [6.07, 6.45) is 1.08. The average Bonchev–Trinajstić information content (AvgIpc) is 2.88. The molecule has 0 aromatic rings. The summed E-state index contributed by atoms with van der Waals surface area (Å²) in [5, 5.41) is 3.17. The van der Waals surface area contributed by atoms with Gasteiger partial charge in [-0.25, -0.2) is 0 Å². The molecule has 0 aliphatic carbocycles. The molecule has 5 nitrogen and oxygen atoms in total. The van der Waals surface area contributed by atoms with Gasteiger partial charge in [-0.1, -0.05) is 0 Å². The van der Waals surface area contributed by atoms with E-state index in [1.54, 1.807) is 7.11 Å². The molecule has 1 N–H and O–H groups in total. The van der Waals surface area contributed by atoms with Gasteiger partial charge in [-0.15, -0.1) is 0 Å². The first-order valence-corrected chi connectivity index (χ1v) is 8.01. The van der Waals surface area contributed by atoms with Crippen molar-refractivity contribution in [1.82, 2.24) is 10.2 Å². The zero-order valence-electron chi connectivity index (χ0n) is 11.8. The summed E-state index contributed by atoms with van der Waals surface area (Å²) in [7, 11) is 1.67. The van der Waals surface area contributed by atoms with Gasteiger partial charge in [-0.05, 0) is 19.1 Å². The molecule has 1 atom stereocenters. The van der Waals surface area contributed by atoms with Crippen molar-refractivity contribution in [2.24, 2.45) is 0 Å². The van der Waals surface area contributed by atoms with E-state index in [0.29, 0.717) is 19.2 Å². The number of thioether (sulfide) groups is 1. The van der Waals surface area contributed by atoms with Gasteiger partial charge in [-0.2, -0.15) is 11.8 Å². The molecule has 0 aromatic carbocycles. The number of rotatable bonds is 7. The van der Waals surface area contributed by atoms with Crippen molar-refractivity contribution in [3.05, 3.63) is 0 Å². The lowest BCUT2D eigenvalue weighted by atomic mass is 10.0. The molecule has 2 fully saturated rings. The summed E-state index contributed by atoms with van der Waals surface area (Å²) in [6, 6.07) is 0.351. The maximum absolute atomic E-state index is 12.3. The minimum Gasteiger partial charge on any atom is -0.383 e. The Morgan fingerprint density at radius 2 is 2.32 bits per heavy atom. The van der Waals surface area contributed by atoms with Gasteiger partial charge in [0.1, 0.15) is 6.61 Å². The smallest absolute Gasteiger partial charge is 0.248 e. The standard InChI is InChI=1S/C13H24N2O3S/c1-13(9-14-10-13)18-7-12(16)15(4-5-17-2)11-3-6-19-8-11/h11,14H,3-10H2,1-2H3. The number of carbonyl (C=O) groups is 1. The quantitative estimate of drug-likeness (QED) is 0.732. The topological polar surface area (TPSA) is 50.8 Å². The zero-order valence-corrected chi connectivity index (χ0v) is 12.6. The van der Waals surface area contributed by atoms with Gasteiger partial charge >= 0.3 is 0 Å². The van der Waals surface area contributed by atoms with E-state index in [4.69, 9.17) is 9.47 Å². The highest BCUT2D eigenvalue weighted by Crippen LogP contribution is 2.23. The lowest BCUT2D eigenvalue weighted by Crippen LogP contribution is -2.60. The van der Waals surface area contributed by atoms with E-state index in [-0.39, 0.29) is 18.1 Å². The molecule has 19 heavy (non-hydrogen) atoms. The predicted octanol–water partition coefficient (Wildman–Crippen LogP) is 0.345. The van der Waals surface area contributed by atoms with Crippen LogP contribution in [0.15, 0.2) is 0 Å². The second-order valence-corrected chi connectivity index (χ2v) is 6.59. The van der Waals surface area contributed by atoms with Gasteiger partial charge in [-0.3, -0.25) is 4.79 Å². The fourth-order valence-electron chi connectivity index (χ4n) is 2.37. The highest BCUT2D eigenvalue weighted by molar-refractivity contribution is 7.99. The molecule has 2 rings (SSSR count). The molecule has 0 aromatic heterocycles. The summed E-state index contributed by atoms with van der Waals surface area (Å²) < 4.78 is 10.9. The van der Waals surface area contributed by atoms with Gasteiger partial charge in [0, 0.05) is 38.5 Å². The number of nitrogens with zero attached hydrogens (tertiary/aromatic N) is 1. The first-order chi connectivity index (χ1) is 9.14. The molecular formula is C13H24N2O3S. The summed E-state index contributed by atoms with van der Waals surface area (Å²) in [4.78, 5) is 14.3. The predicted molar refractivity (Wildman–Crippen MR) is 76.5 cm³/mol. The molecule has 2 aliphatic rings. The molecule has 6 heteroatoms. The Bertz CT molecular complexity index is 304. The number of hydrogen-bond acceptors (Lipinski definition) is 5. The van der Waals surface area contributed by atoms with Crippen LogP contribution in [0.3, 0.4) is 0 Å². The number of amides is 1. The fourth-order valence-corrected chi connectivity index (χ4v) is 3.59. The molecule has 0 radical (unpaired) electrons. The van der Waals surface area contributed by atoms with Gasteiger partial charge in [0.2, 0.25) is 5.91 Å². The summed E-state index contributed by atoms with van der Waals surface area (Å²) in [5.74, 6) is 2.27. The lowest BCUT2D eigenvalue weighted by molar-refractivity contribution is -0.148. The Balaban J connectivity index is 1.83. The zero-order chi connectivity index (χ0) is 13.7. The molecule has 1 unspecified atom stereocenters. The van der Waals surface area contributed by atoms with Gasteiger partial charge in [0.25, 0.3) is 0 Å². The van der Waals surface area contributed by atoms with Crippen LogP contribution in [0.2, 0.25) is 0 Å². The third-order valence-electron chi connectivity index (χ3n) is 3.75. The Morgan fingerprint density at radius 1 is 1.53 bits per heavy atom. The van der Waals surface area contributed by atoms with Crippen LogP contribution in [-0.4, -0.2) is 73.9 Å². The van der Waals surface area contributed by atoms with Crippen LogP contribution < -0.4 is 5.32 Å². The molecule has 0 spiro atoms. The van der Waals surface area contributed by atoms with E-state index in [2.05, 4.69) is 5.32 Å². The van der Waals surface area contributed by atoms with Gasteiger partial charge in [0.15, 0.2) is 0 Å². The van der Waals surface area contributed by atoms with Crippen LogP contribution >= 0.6 is 11.8 Å². The molecule has 2 saturated heterocycles. The van der Waals surface area contributed by atoms with E-state index in [1.807, 2.05) is 23.6 Å². The number of ether oxygens (including phenoxy) is 2. The highest BCUT2D eigenvalue weighted by atomic mass is 32.2.